The second-order valence-corrected chi connectivity index (χ2v) is 5.37. The zero-order valence-electron chi connectivity index (χ0n) is 9.49. The zero-order chi connectivity index (χ0) is 11.8. The van der Waals surface area contributed by atoms with Gasteiger partial charge in [-0.25, -0.2) is 0 Å². The predicted octanol–water partition coefficient (Wildman–Crippen LogP) is 3.30. The molecule has 1 rings (SSSR count). The van der Waals surface area contributed by atoms with Gasteiger partial charge in [0.2, 0.25) is 0 Å². The Balaban J connectivity index is 2.32. The summed E-state index contributed by atoms with van der Waals surface area (Å²) < 4.78 is 6.66. The van der Waals surface area contributed by atoms with Crippen molar-refractivity contribution >= 4 is 27.7 Å². The van der Waals surface area contributed by atoms with Crippen molar-refractivity contribution in [2.24, 2.45) is 5.73 Å². The highest BCUT2D eigenvalue weighted by molar-refractivity contribution is 9.10. The smallest absolute Gasteiger partial charge is 0.0705 e. The van der Waals surface area contributed by atoms with Gasteiger partial charge in [-0.3, -0.25) is 0 Å². The first-order valence-corrected chi connectivity index (χ1v) is 7.24. The van der Waals surface area contributed by atoms with Gasteiger partial charge in [-0.05, 0) is 41.4 Å². The summed E-state index contributed by atoms with van der Waals surface area (Å²) >= 11 is 5.37. The largest absolute Gasteiger partial charge is 0.377 e. The fourth-order valence-electron chi connectivity index (χ4n) is 1.37. The molecule has 0 aliphatic carbocycles. The molecule has 90 valence electrons. The summed E-state index contributed by atoms with van der Waals surface area (Å²) in [4.78, 5) is 1.27. The lowest BCUT2D eigenvalue weighted by atomic mass is 10.3. The Morgan fingerprint density at radius 1 is 1.44 bits per heavy atom. The van der Waals surface area contributed by atoms with Crippen LogP contribution in [0.5, 0.6) is 0 Å². The van der Waals surface area contributed by atoms with E-state index in [1.54, 1.807) is 0 Å². The molecule has 1 aromatic carbocycles. The second kappa shape index (κ2) is 8.12. The quantitative estimate of drug-likeness (QED) is 0.785. The van der Waals surface area contributed by atoms with Crippen LogP contribution in [0.3, 0.4) is 0 Å². The average Bonchev–Trinajstić information content (AvgIpc) is 2.30. The van der Waals surface area contributed by atoms with Crippen LogP contribution in [0, 0.1) is 0 Å². The molecule has 1 aromatic rings. The second-order valence-electron chi connectivity index (χ2n) is 3.38. The van der Waals surface area contributed by atoms with E-state index in [4.69, 9.17) is 10.5 Å². The summed E-state index contributed by atoms with van der Waals surface area (Å²) in [6.45, 7) is 3.34. The molecular weight excluding hydrogens is 286 g/mol. The molecule has 0 saturated heterocycles. The van der Waals surface area contributed by atoms with Crippen molar-refractivity contribution in [1.29, 1.82) is 0 Å². The molecule has 0 fully saturated rings. The Hall–Kier alpha value is -0.0300. The lowest BCUT2D eigenvalue weighted by Crippen LogP contribution is -2.24. The summed E-state index contributed by atoms with van der Waals surface area (Å²) in [5.74, 6) is 1.03. The highest BCUT2D eigenvalue weighted by Crippen LogP contribution is 2.27. The first kappa shape index (κ1) is 14.0. The van der Waals surface area contributed by atoms with Gasteiger partial charge < -0.3 is 10.5 Å². The van der Waals surface area contributed by atoms with Gasteiger partial charge in [0, 0.05) is 28.3 Å². The molecule has 0 spiro atoms. The Morgan fingerprint density at radius 3 is 2.81 bits per heavy atom. The van der Waals surface area contributed by atoms with E-state index in [9.17, 15) is 0 Å². The minimum absolute atomic E-state index is 0.194. The molecule has 0 aliphatic rings. The molecule has 0 aromatic heterocycles. The van der Waals surface area contributed by atoms with Gasteiger partial charge in [0.25, 0.3) is 0 Å². The fraction of sp³-hybridized carbons (Fsp3) is 0.500. The highest BCUT2D eigenvalue weighted by atomic mass is 79.9. The molecular formula is C12H18BrNOS. The molecule has 0 bridgehead atoms. The number of hydrogen-bond acceptors (Lipinski definition) is 3. The number of rotatable bonds is 7. The molecule has 2 nitrogen and oxygen atoms in total. The van der Waals surface area contributed by atoms with Crippen molar-refractivity contribution < 1.29 is 4.74 Å². The number of halogens is 1. The maximum atomic E-state index is 5.62. The average molecular weight is 304 g/mol. The van der Waals surface area contributed by atoms with Gasteiger partial charge in [0.05, 0.1) is 6.10 Å². The van der Waals surface area contributed by atoms with E-state index in [0.717, 1.165) is 23.3 Å². The molecule has 1 unspecified atom stereocenters. The van der Waals surface area contributed by atoms with E-state index in [1.165, 1.54) is 4.90 Å². The van der Waals surface area contributed by atoms with Gasteiger partial charge in [0.1, 0.15) is 0 Å². The normalized spacial score (nSPS) is 12.7. The van der Waals surface area contributed by atoms with Crippen LogP contribution in [-0.2, 0) is 4.74 Å². The van der Waals surface area contributed by atoms with Crippen LogP contribution < -0.4 is 5.73 Å². The van der Waals surface area contributed by atoms with Gasteiger partial charge in [0.15, 0.2) is 0 Å². The van der Waals surface area contributed by atoms with Crippen molar-refractivity contribution in [3.63, 3.8) is 0 Å². The number of ether oxygens (including phenoxy) is 1. The standard InChI is InChI=1S/C12H18BrNOS/c1-2-15-10(9-14)7-8-16-12-6-4-3-5-11(12)13/h3-6,10H,2,7-9,14H2,1H3. The lowest BCUT2D eigenvalue weighted by molar-refractivity contribution is 0.0674. The molecule has 4 heteroatoms. The molecule has 16 heavy (non-hydrogen) atoms. The van der Waals surface area contributed by atoms with E-state index < -0.39 is 0 Å². The van der Waals surface area contributed by atoms with E-state index in [2.05, 4.69) is 34.1 Å². The Bertz CT molecular complexity index is 309. The number of nitrogens with two attached hydrogens (primary N) is 1. The Kier molecular flexibility index (Phi) is 7.12. The lowest BCUT2D eigenvalue weighted by Gasteiger charge is -2.14. The van der Waals surface area contributed by atoms with Crippen molar-refractivity contribution in [3.8, 4) is 0 Å². The van der Waals surface area contributed by atoms with Crippen LogP contribution in [0.25, 0.3) is 0 Å². The van der Waals surface area contributed by atoms with Crippen LogP contribution in [0.2, 0.25) is 0 Å². The van der Waals surface area contributed by atoms with E-state index in [1.807, 2.05) is 24.8 Å². The van der Waals surface area contributed by atoms with Gasteiger partial charge in [-0.15, -0.1) is 11.8 Å². The first-order chi connectivity index (χ1) is 7.77. The van der Waals surface area contributed by atoms with E-state index in [-0.39, 0.29) is 6.10 Å². The van der Waals surface area contributed by atoms with Gasteiger partial charge in [-0.1, -0.05) is 12.1 Å². The summed E-state index contributed by atoms with van der Waals surface area (Å²) in [5.41, 5.74) is 5.62. The number of thioether (sulfide) groups is 1. The fourth-order valence-corrected chi connectivity index (χ4v) is 2.98. The third kappa shape index (κ3) is 4.87. The van der Waals surface area contributed by atoms with Crippen molar-refractivity contribution in [2.45, 2.75) is 24.3 Å². The van der Waals surface area contributed by atoms with Crippen LogP contribution in [0.4, 0.5) is 0 Å². The summed E-state index contributed by atoms with van der Waals surface area (Å²) in [6, 6.07) is 8.26. The maximum absolute atomic E-state index is 5.62. The van der Waals surface area contributed by atoms with Crippen LogP contribution in [-0.4, -0.2) is 25.0 Å². The number of hydrogen-bond donors (Lipinski definition) is 1. The minimum Gasteiger partial charge on any atom is -0.377 e. The van der Waals surface area contributed by atoms with Crippen LogP contribution in [0.1, 0.15) is 13.3 Å². The molecule has 2 N–H and O–H groups in total. The molecule has 1 atom stereocenters. The zero-order valence-corrected chi connectivity index (χ0v) is 11.9. The Labute approximate surface area is 110 Å². The highest BCUT2D eigenvalue weighted by Gasteiger charge is 2.06. The maximum Gasteiger partial charge on any atom is 0.0705 e. The van der Waals surface area contributed by atoms with Crippen molar-refractivity contribution in [3.05, 3.63) is 28.7 Å². The topological polar surface area (TPSA) is 35.2 Å². The Morgan fingerprint density at radius 2 is 2.19 bits per heavy atom. The van der Waals surface area contributed by atoms with E-state index in [0.29, 0.717) is 6.54 Å². The van der Waals surface area contributed by atoms with E-state index >= 15 is 0 Å². The molecule has 0 aliphatic heterocycles. The summed E-state index contributed by atoms with van der Waals surface area (Å²) in [7, 11) is 0. The van der Waals surface area contributed by atoms with Crippen LogP contribution in [0.15, 0.2) is 33.6 Å². The molecule has 0 heterocycles. The third-order valence-corrected chi connectivity index (χ3v) is 4.26. The molecule has 0 saturated carbocycles. The third-order valence-electron chi connectivity index (χ3n) is 2.20. The minimum atomic E-state index is 0.194. The van der Waals surface area contributed by atoms with Gasteiger partial charge >= 0.3 is 0 Å². The summed E-state index contributed by atoms with van der Waals surface area (Å²) in [5, 5.41) is 0. The van der Waals surface area contributed by atoms with Crippen LogP contribution >= 0.6 is 27.7 Å². The van der Waals surface area contributed by atoms with Crippen molar-refractivity contribution in [2.75, 3.05) is 18.9 Å². The SMILES string of the molecule is CCOC(CN)CCSc1ccccc1Br. The summed E-state index contributed by atoms with van der Waals surface area (Å²) in [6.07, 6.45) is 1.19. The number of benzene rings is 1. The first-order valence-electron chi connectivity index (χ1n) is 5.47. The van der Waals surface area contributed by atoms with Gasteiger partial charge in [-0.2, -0.15) is 0 Å². The molecule has 0 radical (unpaired) electrons. The molecule has 0 amide bonds. The van der Waals surface area contributed by atoms with Crippen molar-refractivity contribution in [1.82, 2.24) is 0 Å². The monoisotopic (exact) mass is 303 g/mol. The predicted molar refractivity (Wildman–Crippen MR) is 74.0 cm³/mol.